The topological polar surface area (TPSA) is 50.2 Å². The molecule has 0 saturated carbocycles. The lowest BCUT2D eigenvalue weighted by Crippen LogP contribution is -2.04. The summed E-state index contributed by atoms with van der Waals surface area (Å²) in [4.78, 5) is 17.4. The molecule has 152 valence electrons. The fraction of sp³-hybridized carbons (Fsp3) is 0.0476. The maximum atomic E-state index is 13.1. The summed E-state index contributed by atoms with van der Waals surface area (Å²) in [6, 6.07) is 13.1. The van der Waals surface area contributed by atoms with E-state index in [4.69, 9.17) is 11.6 Å². The molecule has 0 spiro atoms. The zero-order valence-corrected chi connectivity index (χ0v) is 18.0. The van der Waals surface area contributed by atoms with Gasteiger partial charge in [-0.1, -0.05) is 27.5 Å². The Balaban J connectivity index is 1.83. The molecule has 0 radical (unpaired) electrons. The Morgan fingerprint density at radius 2 is 1.77 bits per heavy atom. The molecule has 4 rings (SSSR count). The van der Waals surface area contributed by atoms with Crippen molar-refractivity contribution in [3.8, 4) is 21.0 Å². The minimum atomic E-state index is -4.48. The van der Waals surface area contributed by atoms with Gasteiger partial charge in [0.15, 0.2) is 0 Å². The number of halogens is 5. The van der Waals surface area contributed by atoms with Gasteiger partial charge in [0.25, 0.3) is 0 Å². The summed E-state index contributed by atoms with van der Waals surface area (Å²) in [6.07, 6.45) is -4.48. The summed E-state index contributed by atoms with van der Waals surface area (Å²) in [6.45, 7) is 0. The summed E-state index contributed by atoms with van der Waals surface area (Å²) in [5.41, 5.74) is 0.468. The minimum Gasteiger partial charge on any atom is -0.478 e. The fourth-order valence-electron chi connectivity index (χ4n) is 3.01. The van der Waals surface area contributed by atoms with E-state index in [0.29, 0.717) is 26.4 Å². The van der Waals surface area contributed by atoms with Gasteiger partial charge in [-0.3, -0.25) is 0 Å². The van der Waals surface area contributed by atoms with Crippen molar-refractivity contribution in [1.82, 2.24) is 4.98 Å². The average molecular weight is 513 g/mol. The van der Waals surface area contributed by atoms with Gasteiger partial charge in [0, 0.05) is 25.3 Å². The zero-order valence-electron chi connectivity index (χ0n) is 14.8. The molecule has 9 heteroatoms. The average Bonchev–Trinajstić information content (AvgIpc) is 3.16. The Morgan fingerprint density at radius 3 is 2.47 bits per heavy atom. The van der Waals surface area contributed by atoms with Gasteiger partial charge in [-0.05, 0) is 54.6 Å². The van der Waals surface area contributed by atoms with Crippen molar-refractivity contribution < 1.29 is 23.1 Å². The van der Waals surface area contributed by atoms with Gasteiger partial charge < -0.3 is 5.11 Å². The van der Waals surface area contributed by atoms with Crippen LogP contribution in [-0.4, -0.2) is 16.1 Å². The van der Waals surface area contributed by atoms with Crippen LogP contribution < -0.4 is 0 Å². The van der Waals surface area contributed by atoms with E-state index < -0.39 is 17.7 Å². The largest absolute Gasteiger partial charge is 0.478 e. The molecule has 0 aliphatic rings. The molecule has 0 atom stereocenters. The van der Waals surface area contributed by atoms with Crippen molar-refractivity contribution >= 4 is 55.7 Å². The van der Waals surface area contributed by atoms with Crippen molar-refractivity contribution in [3.63, 3.8) is 0 Å². The molecule has 0 amide bonds. The van der Waals surface area contributed by atoms with E-state index in [9.17, 15) is 23.1 Å². The highest BCUT2D eigenvalue weighted by molar-refractivity contribution is 9.10. The summed E-state index contributed by atoms with van der Waals surface area (Å²) in [5, 5.41) is 10.3. The zero-order chi connectivity index (χ0) is 21.6. The Hall–Kier alpha value is -2.42. The molecule has 0 fully saturated rings. The van der Waals surface area contributed by atoms with Crippen molar-refractivity contribution in [3.05, 3.63) is 75.2 Å². The van der Waals surface area contributed by atoms with Gasteiger partial charge >= 0.3 is 12.1 Å². The lowest BCUT2D eigenvalue weighted by Gasteiger charge is -2.09. The number of pyridine rings is 1. The second-order valence-corrected chi connectivity index (χ2v) is 8.78. The predicted molar refractivity (Wildman–Crippen MR) is 115 cm³/mol. The predicted octanol–water partition coefficient (Wildman–Crippen LogP) is 7.76. The Kier molecular flexibility index (Phi) is 5.34. The number of aromatic carboxylic acids is 1. The molecule has 0 aliphatic heterocycles. The fourth-order valence-corrected chi connectivity index (χ4v) is 4.65. The molecular weight excluding hydrogens is 503 g/mol. The Bertz CT molecular complexity index is 1300. The van der Waals surface area contributed by atoms with Crippen molar-refractivity contribution in [2.45, 2.75) is 6.18 Å². The number of carboxylic acid groups (broad SMARTS) is 1. The third-order valence-corrected chi connectivity index (χ3v) is 6.38. The molecule has 3 nitrogen and oxygen atoms in total. The van der Waals surface area contributed by atoms with Crippen molar-refractivity contribution in [2.24, 2.45) is 0 Å². The lowest BCUT2D eigenvalue weighted by molar-refractivity contribution is -0.137. The second kappa shape index (κ2) is 7.68. The first-order chi connectivity index (χ1) is 14.1. The normalized spacial score (nSPS) is 11.8. The number of thiophene rings is 1. The molecule has 2 aromatic carbocycles. The van der Waals surface area contributed by atoms with Crippen LogP contribution in [0.15, 0.2) is 59.1 Å². The second-order valence-electron chi connectivity index (χ2n) is 6.38. The van der Waals surface area contributed by atoms with Crippen LogP contribution in [0, 0.1) is 0 Å². The van der Waals surface area contributed by atoms with Gasteiger partial charge in [-0.2, -0.15) is 13.2 Å². The molecule has 30 heavy (non-hydrogen) atoms. The number of aromatic nitrogens is 1. The summed E-state index contributed by atoms with van der Waals surface area (Å²) < 4.78 is 39.9. The van der Waals surface area contributed by atoms with Crippen LogP contribution in [0.3, 0.4) is 0 Å². The van der Waals surface area contributed by atoms with Gasteiger partial charge in [0.2, 0.25) is 0 Å². The van der Waals surface area contributed by atoms with Gasteiger partial charge in [0.1, 0.15) is 0 Å². The van der Waals surface area contributed by atoms with Gasteiger partial charge in [0.05, 0.1) is 27.2 Å². The SMILES string of the molecule is O=C(O)c1cc(-c2ccc(-c3cc(C(F)(F)F)ccc3Cl)s2)nc2ccc(Br)cc12. The van der Waals surface area contributed by atoms with Crippen LogP contribution in [0.25, 0.3) is 31.9 Å². The van der Waals surface area contributed by atoms with Crippen molar-refractivity contribution in [1.29, 1.82) is 0 Å². The molecule has 0 bridgehead atoms. The van der Waals surface area contributed by atoms with E-state index in [0.717, 1.165) is 16.6 Å². The smallest absolute Gasteiger partial charge is 0.416 e. The highest BCUT2D eigenvalue weighted by Crippen LogP contribution is 2.41. The number of fused-ring (bicyclic) bond motifs is 1. The van der Waals surface area contributed by atoms with Crippen LogP contribution in [0.1, 0.15) is 15.9 Å². The maximum Gasteiger partial charge on any atom is 0.416 e. The Labute approximate surface area is 185 Å². The van der Waals surface area contributed by atoms with Crippen LogP contribution in [-0.2, 0) is 6.18 Å². The first kappa shape index (κ1) is 20.8. The highest BCUT2D eigenvalue weighted by atomic mass is 79.9. The number of nitrogens with zero attached hydrogens (tertiary/aromatic N) is 1. The van der Waals surface area contributed by atoms with Gasteiger partial charge in [-0.25, -0.2) is 9.78 Å². The minimum absolute atomic E-state index is 0.0864. The number of hydrogen-bond donors (Lipinski definition) is 1. The van der Waals surface area contributed by atoms with Crippen LogP contribution >= 0.6 is 38.9 Å². The molecule has 2 aromatic heterocycles. The number of rotatable bonds is 3. The molecule has 1 N–H and O–H groups in total. The first-order valence-electron chi connectivity index (χ1n) is 8.44. The van der Waals surface area contributed by atoms with E-state index in [-0.39, 0.29) is 16.1 Å². The number of carbonyl (C=O) groups is 1. The number of alkyl halides is 3. The standard InChI is InChI=1S/C21H10BrClF3NO2S/c22-11-2-4-16-12(8-11)13(20(28)29)9-17(27-16)19-6-5-18(30-19)14-7-10(21(24,25)26)1-3-15(14)23/h1-9H,(H,28,29). The molecular formula is C21H10BrClF3NO2S. The van der Waals surface area contributed by atoms with E-state index >= 15 is 0 Å². The summed E-state index contributed by atoms with van der Waals surface area (Å²) in [7, 11) is 0. The third kappa shape index (κ3) is 3.95. The van der Waals surface area contributed by atoms with E-state index in [1.807, 2.05) is 0 Å². The molecule has 0 saturated heterocycles. The van der Waals surface area contributed by atoms with Crippen molar-refractivity contribution in [2.75, 3.05) is 0 Å². The van der Waals surface area contributed by atoms with Crippen LogP contribution in [0.4, 0.5) is 13.2 Å². The lowest BCUT2D eigenvalue weighted by atomic mass is 10.1. The quantitative estimate of drug-likeness (QED) is 0.305. The van der Waals surface area contributed by atoms with Gasteiger partial charge in [-0.15, -0.1) is 11.3 Å². The molecule has 0 aliphatic carbocycles. The third-order valence-electron chi connectivity index (χ3n) is 4.42. The number of carboxylic acids is 1. The van der Waals surface area contributed by atoms with Crippen LogP contribution in [0.5, 0.6) is 0 Å². The Morgan fingerprint density at radius 1 is 1.03 bits per heavy atom. The summed E-state index contributed by atoms with van der Waals surface area (Å²) in [5.74, 6) is -1.10. The van der Waals surface area contributed by atoms with E-state index in [1.54, 1.807) is 30.3 Å². The molecule has 0 unspecified atom stereocenters. The monoisotopic (exact) mass is 511 g/mol. The van der Waals surface area contributed by atoms with E-state index in [1.165, 1.54) is 23.5 Å². The van der Waals surface area contributed by atoms with Crippen LogP contribution in [0.2, 0.25) is 5.02 Å². The van der Waals surface area contributed by atoms with E-state index in [2.05, 4.69) is 20.9 Å². The molecule has 2 heterocycles. The number of hydrogen-bond acceptors (Lipinski definition) is 3. The maximum absolute atomic E-state index is 13.1. The first-order valence-corrected chi connectivity index (χ1v) is 10.4. The molecule has 4 aromatic rings. The summed E-state index contributed by atoms with van der Waals surface area (Å²) >= 11 is 10.6. The highest BCUT2D eigenvalue weighted by Gasteiger charge is 2.31. The number of benzene rings is 2.